The summed E-state index contributed by atoms with van der Waals surface area (Å²) in [7, 11) is 0. The molecule has 0 spiro atoms. The van der Waals surface area contributed by atoms with Crippen molar-refractivity contribution in [2.45, 2.75) is 26.2 Å². The van der Waals surface area contributed by atoms with Gasteiger partial charge in [0.1, 0.15) is 11.5 Å². The Labute approximate surface area is 272 Å². The topological polar surface area (TPSA) is 44.2 Å². The van der Waals surface area contributed by atoms with Gasteiger partial charge in [-0.3, -0.25) is 0 Å². The van der Waals surface area contributed by atoms with E-state index in [9.17, 15) is 0 Å². The SMILES string of the molecule is CC(C)(C)c1ccnc(-c2[c-]cc3c4c2Oc2ccccc2B4c2ccccc2O3)c1.[Ir].[c-]1ccccc1-c1ccccn1. The second-order valence-corrected chi connectivity index (χ2v) is 11.7. The molecular formula is C38H29BIrN2O2-2. The zero-order valence-electron chi connectivity index (χ0n) is 24.7. The van der Waals surface area contributed by atoms with Gasteiger partial charge in [-0.1, -0.05) is 86.4 Å². The van der Waals surface area contributed by atoms with Crippen molar-refractivity contribution in [2.24, 2.45) is 0 Å². The summed E-state index contributed by atoms with van der Waals surface area (Å²) in [5.41, 5.74) is 8.35. The number of hydrogen-bond acceptors (Lipinski definition) is 4. The summed E-state index contributed by atoms with van der Waals surface area (Å²) in [6, 6.07) is 42.9. The zero-order valence-corrected chi connectivity index (χ0v) is 27.1. The Hall–Kier alpha value is -4.51. The number of para-hydroxylation sites is 2. The van der Waals surface area contributed by atoms with Gasteiger partial charge in [0.25, 0.3) is 0 Å². The van der Waals surface area contributed by atoms with Gasteiger partial charge in [0.2, 0.25) is 6.71 Å². The Bertz CT molecular complexity index is 1880. The third-order valence-electron chi connectivity index (χ3n) is 7.80. The van der Waals surface area contributed by atoms with E-state index in [1.165, 1.54) is 5.56 Å². The molecule has 0 atom stereocenters. The maximum atomic E-state index is 6.50. The van der Waals surface area contributed by atoms with Gasteiger partial charge in [0, 0.05) is 44.0 Å². The molecule has 0 fully saturated rings. The molecule has 0 saturated carbocycles. The molecule has 0 bridgehead atoms. The molecule has 0 unspecified atom stereocenters. The number of hydrogen-bond donors (Lipinski definition) is 0. The van der Waals surface area contributed by atoms with Crippen LogP contribution in [0.1, 0.15) is 26.3 Å². The van der Waals surface area contributed by atoms with Gasteiger partial charge in [-0.05, 0) is 57.6 Å². The molecule has 44 heavy (non-hydrogen) atoms. The maximum Gasteiger partial charge on any atom is 0.239 e. The van der Waals surface area contributed by atoms with Crippen LogP contribution in [0.4, 0.5) is 0 Å². The average Bonchev–Trinajstić information content (AvgIpc) is 3.05. The predicted octanol–water partition coefficient (Wildman–Crippen LogP) is 7.12. The zero-order chi connectivity index (χ0) is 29.4. The van der Waals surface area contributed by atoms with E-state index in [2.05, 4.69) is 79.3 Å². The molecule has 2 aromatic heterocycles. The van der Waals surface area contributed by atoms with Gasteiger partial charge in [0.15, 0.2) is 0 Å². The number of fused-ring (bicyclic) bond motifs is 4. The van der Waals surface area contributed by atoms with Gasteiger partial charge < -0.3 is 19.4 Å². The molecule has 217 valence electrons. The first-order valence-electron chi connectivity index (χ1n) is 14.4. The van der Waals surface area contributed by atoms with Gasteiger partial charge in [0.05, 0.1) is 0 Å². The van der Waals surface area contributed by atoms with Gasteiger partial charge in [-0.15, -0.1) is 48.0 Å². The van der Waals surface area contributed by atoms with Crippen LogP contribution in [0.5, 0.6) is 23.0 Å². The van der Waals surface area contributed by atoms with Gasteiger partial charge in [-0.25, -0.2) is 0 Å². The number of nitrogens with zero attached hydrogens (tertiary/aromatic N) is 2. The predicted molar refractivity (Wildman–Crippen MR) is 173 cm³/mol. The fraction of sp³-hybridized carbons (Fsp3) is 0.105. The maximum absolute atomic E-state index is 6.50. The van der Waals surface area contributed by atoms with Crippen LogP contribution in [0, 0.1) is 12.1 Å². The molecule has 4 nitrogen and oxygen atoms in total. The van der Waals surface area contributed by atoms with Crippen LogP contribution < -0.4 is 25.9 Å². The normalized spacial score (nSPS) is 12.1. The second-order valence-electron chi connectivity index (χ2n) is 11.7. The minimum Gasteiger partial charge on any atom is -0.503 e. The van der Waals surface area contributed by atoms with Crippen LogP contribution in [0.15, 0.2) is 122 Å². The summed E-state index contributed by atoms with van der Waals surface area (Å²) in [6.07, 6.45) is 3.66. The molecule has 4 aromatic carbocycles. The van der Waals surface area contributed by atoms with E-state index in [1.807, 2.05) is 79.0 Å². The van der Waals surface area contributed by atoms with Crippen molar-refractivity contribution >= 4 is 23.1 Å². The average molecular weight is 749 g/mol. The Kier molecular flexibility index (Phi) is 8.22. The Morgan fingerprint density at radius 2 is 1.34 bits per heavy atom. The van der Waals surface area contributed by atoms with Crippen molar-refractivity contribution in [3.8, 4) is 45.5 Å². The van der Waals surface area contributed by atoms with E-state index >= 15 is 0 Å². The summed E-state index contributed by atoms with van der Waals surface area (Å²) < 4.78 is 12.8. The fourth-order valence-corrected chi connectivity index (χ4v) is 5.62. The van der Waals surface area contributed by atoms with Crippen LogP contribution in [-0.2, 0) is 25.5 Å². The molecule has 4 heterocycles. The van der Waals surface area contributed by atoms with Gasteiger partial charge in [-0.2, -0.15) is 0 Å². The summed E-state index contributed by atoms with van der Waals surface area (Å²) in [4.78, 5) is 8.90. The van der Waals surface area contributed by atoms with Crippen molar-refractivity contribution in [2.75, 3.05) is 0 Å². The first-order valence-corrected chi connectivity index (χ1v) is 14.4. The van der Waals surface area contributed by atoms with Gasteiger partial charge >= 0.3 is 0 Å². The van der Waals surface area contributed by atoms with Crippen molar-refractivity contribution < 1.29 is 29.6 Å². The smallest absolute Gasteiger partial charge is 0.239 e. The molecule has 1 radical (unpaired) electrons. The quantitative estimate of drug-likeness (QED) is 0.140. The Morgan fingerprint density at radius 3 is 2.02 bits per heavy atom. The molecule has 6 aromatic rings. The number of rotatable bonds is 2. The number of benzene rings is 4. The molecule has 6 heteroatoms. The molecule has 2 aliphatic heterocycles. The number of aromatic nitrogens is 2. The first kappa shape index (κ1) is 29.6. The molecule has 0 aliphatic carbocycles. The molecular weight excluding hydrogens is 719 g/mol. The van der Waals surface area contributed by atoms with Crippen molar-refractivity contribution in [3.63, 3.8) is 0 Å². The largest absolute Gasteiger partial charge is 0.503 e. The first-order chi connectivity index (χ1) is 21.0. The van der Waals surface area contributed by atoms with E-state index in [4.69, 9.17) is 9.47 Å². The van der Waals surface area contributed by atoms with Crippen molar-refractivity contribution in [1.29, 1.82) is 0 Å². The number of ether oxygens (including phenoxy) is 2. The van der Waals surface area contributed by atoms with Crippen molar-refractivity contribution in [3.05, 3.63) is 139 Å². The van der Waals surface area contributed by atoms with E-state index < -0.39 is 0 Å². The molecule has 8 rings (SSSR count). The van der Waals surface area contributed by atoms with E-state index in [1.54, 1.807) is 6.20 Å². The Balaban J connectivity index is 0.000000222. The van der Waals surface area contributed by atoms with E-state index in [0.29, 0.717) is 0 Å². The molecule has 2 aliphatic rings. The molecule has 0 saturated heterocycles. The van der Waals surface area contributed by atoms with E-state index in [0.717, 1.165) is 61.9 Å². The van der Waals surface area contributed by atoms with Crippen molar-refractivity contribution in [1.82, 2.24) is 9.97 Å². The standard InChI is InChI=1S/C27H21BNO2.C11H8N.Ir/c1-27(2,3)17-14-15-29-21(16-17)18-12-13-24-25-26(18)31-23-11-7-5-9-20(23)28(25)19-8-4-6-10-22(19)30-24;1-2-6-10(7-3-1)11-8-4-5-9-12-11;/h4-11,13-16H,1-3H3;1-6,8-9H;/q2*-1;. The third kappa shape index (κ3) is 5.59. The minimum absolute atomic E-state index is 0. The van der Waals surface area contributed by atoms with Crippen LogP contribution in [0.25, 0.3) is 22.5 Å². The molecule has 0 N–H and O–H groups in total. The van der Waals surface area contributed by atoms with Crippen LogP contribution in [-0.4, -0.2) is 16.7 Å². The summed E-state index contributed by atoms with van der Waals surface area (Å²) >= 11 is 0. The van der Waals surface area contributed by atoms with Crippen LogP contribution in [0.3, 0.4) is 0 Å². The monoisotopic (exact) mass is 749 g/mol. The van der Waals surface area contributed by atoms with Crippen LogP contribution in [0.2, 0.25) is 0 Å². The minimum atomic E-state index is 0. The Morgan fingerprint density at radius 1 is 0.659 bits per heavy atom. The fourth-order valence-electron chi connectivity index (χ4n) is 5.62. The van der Waals surface area contributed by atoms with E-state index in [-0.39, 0.29) is 32.2 Å². The summed E-state index contributed by atoms with van der Waals surface area (Å²) in [5, 5.41) is 0. The third-order valence-corrected chi connectivity index (χ3v) is 7.80. The molecule has 0 amide bonds. The number of pyridine rings is 2. The summed E-state index contributed by atoms with van der Waals surface area (Å²) in [6.45, 7) is 6.68. The second kappa shape index (κ2) is 12.2. The van der Waals surface area contributed by atoms with Crippen LogP contribution >= 0.6 is 0 Å². The summed E-state index contributed by atoms with van der Waals surface area (Å²) in [5.74, 6) is 3.34.